The Kier molecular flexibility index (Phi) is 3.77. The van der Waals surface area contributed by atoms with Crippen LogP contribution in [-0.2, 0) is 0 Å². The lowest BCUT2D eigenvalue weighted by Crippen LogP contribution is -2.12. The second-order valence-electron chi connectivity index (χ2n) is 3.92. The van der Waals surface area contributed by atoms with Gasteiger partial charge in [0.15, 0.2) is 0 Å². The number of pyridine rings is 1. The maximum Gasteiger partial charge on any atom is 0.142 e. The Balaban J connectivity index is 2.36. The molecule has 2 radical (unpaired) electrons. The number of rotatable bonds is 3. The minimum atomic E-state index is 0.581. The Morgan fingerprint density at radius 2 is 2.11 bits per heavy atom. The first kappa shape index (κ1) is 12.8. The van der Waals surface area contributed by atoms with Crippen LogP contribution in [0.4, 0.5) is 11.5 Å². The Bertz CT molecular complexity index is 575. The van der Waals surface area contributed by atoms with Crippen molar-refractivity contribution in [3.05, 3.63) is 41.0 Å². The first-order chi connectivity index (χ1) is 8.60. The molecule has 3 nitrogen and oxygen atoms in total. The van der Waals surface area contributed by atoms with Gasteiger partial charge in [-0.15, -0.1) is 0 Å². The molecule has 0 unspecified atom stereocenters. The molecule has 1 aromatic heterocycles. The van der Waals surface area contributed by atoms with E-state index in [4.69, 9.17) is 24.2 Å². The number of hydrogen-bond donors (Lipinski definition) is 1. The maximum atomic E-state index is 5.96. The number of halogens is 1. The molecule has 0 fully saturated rings. The average Bonchev–Trinajstić information content (AvgIpc) is 2.33. The number of aromatic nitrogens is 1. The van der Waals surface area contributed by atoms with Gasteiger partial charge in [-0.25, -0.2) is 4.98 Å². The molecule has 1 N–H and O–H groups in total. The summed E-state index contributed by atoms with van der Waals surface area (Å²) < 4.78 is 5.25. The van der Waals surface area contributed by atoms with Gasteiger partial charge in [0.1, 0.15) is 19.4 Å². The van der Waals surface area contributed by atoms with Gasteiger partial charge in [-0.3, -0.25) is 0 Å². The van der Waals surface area contributed by atoms with Crippen LogP contribution < -0.4 is 15.5 Å². The lowest BCUT2D eigenvalue weighted by molar-refractivity contribution is 0.417. The number of ether oxygens (including phenoxy) is 1. The molecule has 0 aliphatic heterocycles. The Morgan fingerprint density at radius 3 is 2.78 bits per heavy atom. The van der Waals surface area contributed by atoms with Crippen LogP contribution >= 0.6 is 11.6 Å². The lowest BCUT2D eigenvalue weighted by atomic mass is 9.95. The molecule has 0 saturated heterocycles. The largest absolute Gasteiger partial charge is 0.495 e. The number of hydrogen-bond acceptors (Lipinski definition) is 3. The zero-order chi connectivity index (χ0) is 13.1. The maximum absolute atomic E-state index is 5.96. The molecule has 1 aromatic carbocycles. The summed E-state index contributed by atoms with van der Waals surface area (Å²) in [6.45, 7) is 1.94. The van der Waals surface area contributed by atoms with Gasteiger partial charge >= 0.3 is 0 Å². The van der Waals surface area contributed by atoms with Crippen LogP contribution in [0.25, 0.3) is 0 Å². The van der Waals surface area contributed by atoms with Gasteiger partial charge in [-0.2, -0.15) is 0 Å². The van der Waals surface area contributed by atoms with Crippen molar-refractivity contribution in [2.75, 3.05) is 12.4 Å². The van der Waals surface area contributed by atoms with Gasteiger partial charge in [0, 0.05) is 11.2 Å². The van der Waals surface area contributed by atoms with Gasteiger partial charge in [0.05, 0.1) is 12.8 Å². The summed E-state index contributed by atoms with van der Waals surface area (Å²) in [7, 11) is 7.50. The third kappa shape index (κ3) is 2.77. The van der Waals surface area contributed by atoms with E-state index >= 15 is 0 Å². The average molecular weight is 259 g/mol. The van der Waals surface area contributed by atoms with Gasteiger partial charge < -0.3 is 10.1 Å². The van der Waals surface area contributed by atoms with E-state index in [-0.39, 0.29) is 0 Å². The highest BCUT2D eigenvalue weighted by molar-refractivity contribution is 6.35. The number of nitrogens with one attached hydrogen (secondary N) is 1. The Morgan fingerprint density at radius 1 is 1.33 bits per heavy atom. The SMILES string of the molecule is [B]c1cc(C)cnc1Nc1cc(Cl)ccc1OC. The normalized spacial score (nSPS) is 10.2. The highest BCUT2D eigenvalue weighted by Gasteiger charge is 2.06. The summed E-state index contributed by atoms with van der Waals surface area (Å²) in [5.74, 6) is 1.27. The third-order valence-corrected chi connectivity index (χ3v) is 2.70. The van der Waals surface area contributed by atoms with Crippen molar-refractivity contribution in [3.8, 4) is 5.75 Å². The van der Waals surface area contributed by atoms with E-state index < -0.39 is 0 Å². The van der Waals surface area contributed by atoms with Gasteiger partial charge in [0.2, 0.25) is 0 Å². The van der Waals surface area contributed by atoms with Crippen molar-refractivity contribution in [1.82, 2.24) is 4.98 Å². The van der Waals surface area contributed by atoms with Crippen LogP contribution in [0.2, 0.25) is 5.02 Å². The van der Waals surface area contributed by atoms with Crippen LogP contribution in [0.15, 0.2) is 30.5 Å². The molecule has 0 saturated carbocycles. The van der Waals surface area contributed by atoms with Crippen molar-refractivity contribution in [2.24, 2.45) is 0 Å². The summed E-state index contributed by atoms with van der Waals surface area (Å²) in [5.41, 5.74) is 2.32. The molecular weight excluding hydrogens is 246 g/mol. The quantitative estimate of drug-likeness (QED) is 0.859. The van der Waals surface area contributed by atoms with Crippen molar-refractivity contribution >= 4 is 36.4 Å². The van der Waals surface area contributed by atoms with Crippen molar-refractivity contribution in [1.29, 1.82) is 0 Å². The second-order valence-corrected chi connectivity index (χ2v) is 4.36. The predicted octanol–water partition coefficient (Wildman–Crippen LogP) is 2.59. The molecule has 90 valence electrons. The van der Waals surface area contributed by atoms with E-state index in [1.807, 2.05) is 13.0 Å². The first-order valence-corrected chi connectivity index (χ1v) is 5.80. The minimum absolute atomic E-state index is 0.581. The second kappa shape index (κ2) is 5.31. The van der Waals surface area contributed by atoms with Crippen LogP contribution in [0.3, 0.4) is 0 Å². The number of aryl methyl sites for hydroxylation is 1. The predicted molar refractivity (Wildman–Crippen MR) is 75.6 cm³/mol. The van der Waals surface area contributed by atoms with Gasteiger partial charge in [-0.05, 0) is 30.7 Å². The first-order valence-electron chi connectivity index (χ1n) is 5.43. The number of anilines is 2. The van der Waals surface area contributed by atoms with Crippen LogP contribution in [0.1, 0.15) is 5.56 Å². The van der Waals surface area contributed by atoms with E-state index in [1.54, 1.807) is 31.5 Å². The van der Waals surface area contributed by atoms with Crippen LogP contribution in [0, 0.1) is 6.92 Å². The van der Waals surface area contributed by atoms with Crippen LogP contribution in [0.5, 0.6) is 5.75 Å². The van der Waals surface area contributed by atoms with Crippen molar-refractivity contribution < 1.29 is 4.74 Å². The molecule has 0 aliphatic carbocycles. The summed E-state index contributed by atoms with van der Waals surface area (Å²) >= 11 is 5.96. The molecule has 18 heavy (non-hydrogen) atoms. The standard InChI is InChI=1S/C13H12BClN2O/c1-8-5-10(14)13(16-7-8)17-11-6-9(15)3-4-12(11)18-2/h3-7H,1-2H3,(H,16,17). The Hall–Kier alpha value is -1.68. The van der Waals surface area contributed by atoms with E-state index in [0.717, 1.165) is 11.3 Å². The minimum Gasteiger partial charge on any atom is -0.495 e. The summed E-state index contributed by atoms with van der Waals surface area (Å²) in [5, 5.41) is 3.73. The zero-order valence-electron chi connectivity index (χ0n) is 10.2. The van der Waals surface area contributed by atoms with E-state index in [0.29, 0.717) is 22.1 Å². The molecule has 0 bridgehead atoms. The van der Waals surface area contributed by atoms with Gasteiger partial charge in [0.25, 0.3) is 0 Å². The molecule has 0 spiro atoms. The van der Waals surface area contributed by atoms with Crippen LogP contribution in [-0.4, -0.2) is 19.9 Å². The van der Waals surface area contributed by atoms with E-state index in [1.165, 1.54) is 0 Å². The van der Waals surface area contributed by atoms with E-state index in [2.05, 4.69) is 10.3 Å². The fourth-order valence-electron chi connectivity index (χ4n) is 1.60. The Labute approximate surface area is 113 Å². The van der Waals surface area contributed by atoms with Gasteiger partial charge in [-0.1, -0.05) is 23.1 Å². The molecular formula is C13H12BClN2O. The van der Waals surface area contributed by atoms with E-state index in [9.17, 15) is 0 Å². The third-order valence-electron chi connectivity index (χ3n) is 2.47. The van der Waals surface area contributed by atoms with Crippen molar-refractivity contribution in [3.63, 3.8) is 0 Å². The molecule has 5 heteroatoms. The summed E-state index contributed by atoms with van der Waals surface area (Å²) in [6, 6.07) is 7.17. The molecule has 2 rings (SSSR count). The molecule has 1 heterocycles. The zero-order valence-corrected chi connectivity index (χ0v) is 11.0. The topological polar surface area (TPSA) is 34.2 Å². The highest BCUT2D eigenvalue weighted by Crippen LogP contribution is 2.29. The van der Waals surface area contributed by atoms with Crippen molar-refractivity contribution in [2.45, 2.75) is 6.92 Å². The smallest absolute Gasteiger partial charge is 0.142 e. The fraction of sp³-hybridized carbons (Fsp3) is 0.154. The number of benzene rings is 1. The highest BCUT2D eigenvalue weighted by atomic mass is 35.5. The lowest BCUT2D eigenvalue weighted by Gasteiger charge is -2.13. The monoisotopic (exact) mass is 258 g/mol. The number of nitrogens with zero attached hydrogens (tertiary/aromatic N) is 1. The molecule has 0 atom stereocenters. The number of methoxy groups -OCH3 is 1. The molecule has 0 amide bonds. The molecule has 0 aliphatic rings. The fourth-order valence-corrected chi connectivity index (χ4v) is 1.77. The molecule has 2 aromatic rings. The summed E-state index contributed by atoms with van der Waals surface area (Å²) in [6.07, 6.45) is 1.75. The summed E-state index contributed by atoms with van der Waals surface area (Å²) in [4.78, 5) is 4.24.